The van der Waals surface area contributed by atoms with E-state index in [4.69, 9.17) is 10.3 Å². The van der Waals surface area contributed by atoms with Crippen LogP contribution in [0.2, 0.25) is 0 Å². The highest BCUT2D eigenvalue weighted by molar-refractivity contribution is 6.12. The summed E-state index contributed by atoms with van der Waals surface area (Å²) in [7, 11) is 0. The van der Waals surface area contributed by atoms with Gasteiger partial charge in [0.15, 0.2) is 11.6 Å². The van der Waals surface area contributed by atoms with Crippen LogP contribution < -0.4 is 0 Å². The topological polar surface area (TPSA) is 109 Å². The van der Waals surface area contributed by atoms with Crippen molar-refractivity contribution in [3.05, 3.63) is 10.4 Å². The molecule has 1 rings (SSSR count). The summed E-state index contributed by atoms with van der Waals surface area (Å²) in [6.07, 6.45) is 0.345. The highest BCUT2D eigenvalue weighted by Gasteiger charge is 2.35. The Morgan fingerprint density at radius 1 is 1.35 bits per heavy atom. The van der Waals surface area contributed by atoms with Gasteiger partial charge in [-0.15, -0.1) is 0 Å². The van der Waals surface area contributed by atoms with Crippen LogP contribution in [0.1, 0.15) is 32.1 Å². The number of Topliss-reactive ketones (excluding diaryl/α,β-unsaturated/α-hetero) is 2. The minimum Gasteiger partial charge on any atom is -0.446 e. The number of ether oxygens (including phenoxy) is 1. The summed E-state index contributed by atoms with van der Waals surface area (Å²) in [6, 6.07) is 0. The van der Waals surface area contributed by atoms with Gasteiger partial charge in [-0.3, -0.25) is 14.4 Å². The van der Waals surface area contributed by atoms with E-state index in [1.54, 1.807) is 0 Å². The number of rotatable bonds is 6. The zero-order valence-electron chi connectivity index (χ0n) is 9.29. The van der Waals surface area contributed by atoms with Crippen molar-refractivity contribution in [1.82, 2.24) is 0 Å². The van der Waals surface area contributed by atoms with E-state index in [0.717, 1.165) is 0 Å². The van der Waals surface area contributed by atoms with Gasteiger partial charge in [0.25, 0.3) is 0 Å². The first kappa shape index (κ1) is 13.2. The lowest BCUT2D eigenvalue weighted by atomic mass is 10.2. The lowest BCUT2D eigenvalue weighted by molar-refractivity contribution is -0.157. The van der Waals surface area contributed by atoms with Gasteiger partial charge in [-0.2, -0.15) is 0 Å². The average molecular weight is 239 g/mol. The predicted molar refractivity (Wildman–Crippen MR) is 57.0 cm³/mol. The number of unbranched alkanes of at least 4 members (excludes halogenated alkanes) is 1. The Balaban J connectivity index is 2.22. The maximum Gasteiger partial charge on any atom is 0.306 e. The first-order chi connectivity index (χ1) is 8.15. The van der Waals surface area contributed by atoms with Crippen LogP contribution >= 0.6 is 0 Å². The smallest absolute Gasteiger partial charge is 0.306 e. The molecule has 0 aromatic heterocycles. The third-order valence-electron chi connectivity index (χ3n) is 2.40. The van der Waals surface area contributed by atoms with Crippen molar-refractivity contribution in [2.24, 2.45) is 5.11 Å². The molecule has 0 N–H and O–H groups in total. The third-order valence-corrected chi connectivity index (χ3v) is 2.40. The molecular weight excluding hydrogens is 226 g/mol. The molecule has 0 aromatic rings. The third kappa shape index (κ3) is 4.24. The SMILES string of the molecule is [N-]=[N+]=NCCCCC(=O)OC1C(=O)CCC1=O. The average Bonchev–Trinajstić information content (AvgIpc) is 2.60. The summed E-state index contributed by atoms with van der Waals surface area (Å²) >= 11 is 0. The van der Waals surface area contributed by atoms with Gasteiger partial charge in [0.05, 0.1) is 0 Å². The van der Waals surface area contributed by atoms with Crippen molar-refractivity contribution in [2.45, 2.75) is 38.2 Å². The quantitative estimate of drug-likeness (QED) is 0.174. The molecule has 0 heterocycles. The van der Waals surface area contributed by atoms with Gasteiger partial charge in [-0.25, -0.2) is 0 Å². The summed E-state index contributed by atoms with van der Waals surface area (Å²) in [5.74, 6) is -1.20. The Kier molecular flexibility index (Phi) is 5.16. The normalized spacial score (nSPS) is 15.8. The minimum atomic E-state index is -1.18. The van der Waals surface area contributed by atoms with E-state index >= 15 is 0 Å². The molecule has 7 nitrogen and oxygen atoms in total. The second kappa shape index (κ2) is 6.65. The molecule has 0 aromatic carbocycles. The zero-order valence-corrected chi connectivity index (χ0v) is 9.29. The number of nitrogens with zero attached hydrogens (tertiary/aromatic N) is 3. The molecule has 0 bridgehead atoms. The molecule has 92 valence electrons. The Morgan fingerprint density at radius 2 is 2.00 bits per heavy atom. The fourth-order valence-electron chi connectivity index (χ4n) is 1.51. The van der Waals surface area contributed by atoms with Crippen LogP contribution in [0.15, 0.2) is 5.11 Å². The van der Waals surface area contributed by atoms with E-state index in [2.05, 4.69) is 10.0 Å². The Labute approximate surface area is 97.7 Å². The Hall–Kier alpha value is -1.88. The number of azide groups is 1. The molecule has 0 aliphatic heterocycles. The molecule has 17 heavy (non-hydrogen) atoms. The Bertz CT molecular complexity index is 358. The molecule has 0 saturated heterocycles. The molecule has 0 unspecified atom stereocenters. The summed E-state index contributed by atoms with van der Waals surface area (Å²) in [6.45, 7) is 0.324. The molecule has 0 atom stereocenters. The fraction of sp³-hybridized carbons (Fsp3) is 0.700. The largest absolute Gasteiger partial charge is 0.446 e. The standard InChI is InChI=1S/C10H13N3O4/c11-13-12-6-2-1-3-9(16)17-10-7(14)4-5-8(10)15/h10H,1-6H2. The van der Waals surface area contributed by atoms with E-state index in [1.165, 1.54) is 0 Å². The van der Waals surface area contributed by atoms with Crippen LogP contribution in [-0.4, -0.2) is 30.2 Å². The van der Waals surface area contributed by atoms with Gasteiger partial charge in [0.2, 0.25) is 6.10 Å². The molecule has 1 aliphatic rings. The van der Waals surface area contributed by atoms with Crippen LogP contribution in [0, 0.1) is 0 Å². The summed E-state index contributed by atoms with van der Waals surface area (Å²) in [4.78, 5) is 36.2. The summed E-state index contributed by atoms with van der Waals surface area (Å²) in [5, 5.41) is 3.32. The zero-order chi connectivity index (χ0) is 12.7. The van der Waals surface area contributed by atoms with Crippen molar-refractivity contribution in [1.29, 1.82) is 0 Å². The van der Waals surface area contributed by atoms with Gasteiger partial charge in [-0.05, 0) is 18.4 Å². The number of esters is 1. The van der Waals surface area contributed by atoms with E-state index in [0.29, 0.717) is 19.4 Å². The molecule has 0 amide bonds. The van der Waals surface area contributed by atoms with Crippen LogP contribution in [0.3, 0.4) is 0 Å². The van der Waals surface area contributed by atoms with E-state index in [-0.39, 0.29) is 30.8 Å². The van der Waals surface area contributed by atoms with Crippen molar-refractivity contribution >= 4 is 17.5 Å². The maximum absolute atomic E-state index is 11.3. The second-order valence-corrected chi connectivity index (χ2v) is 3.71. The number of carbonyl (C=O) groups excluding carboxylic acids is 3. The van der Waals surface area contributed by atoms with Crippen molar-refractivity contribution in [2.75, 3.05) is 6.54 Å². The number of hydrogen-bond acceptors (Lipinski definition) is 5. The van der Waals surface area contributed by atoms with Crippen LogP contribution in [0.5, 0.6) is 0 Å². The lowest BCUT2D eigenvalue weighted by Gasteiger charge is -2.08. The van der Waals surface area contributed by atoms with E-state index in [1.807, 2.05) is 0 Å². The summed E-state index contributed by atoms with van der Waals surface area (Å²) in [5.41, 5.74) is 8.01. The van der Waals surface area contributed by atoms with Crippen molar-refractivity contribution in [3.8, 4) is 0 Å². The van der Waals surface area contributed by atoms with Crippen LogP contribution in [0.25, 0.3) is 10.4 Å². The molecule has 1 aliphatic carbocycles. The maximum atomic E-state index is 11.3. The van der Waals surface area contributed by atoms with Gasteiger partial charge in [0, 0.05) is 30.7 Å². The molecule has 0 spiro atoms. The van der Waals surface area contributed by atoms with Crippen LogP contribution in [-0.2, 0) is 19.1 Å². The van der Waals surface area contributed by atoms with Gasteiger partial charge in [0.1, 0.15) is 0 Å². The minimum absolute atomic E-state index is 0.123. The summed E-state index contributed by atoms with van der Waals surface area (Å²) < 4.78 is 4.80. The van der Waals surface area contributed by atoms with Gasteiger partial charge < -0.3 is 4.74 Å². The first-order valence-corrected chi connectivity index (χ1v) is 5.41. The number of carbonyl (C=O) groups is 3. The lowest BCUT2D eigenvalue weighted by Crippen LogP contribution is -2.28. The molecular formula is C10H13N3O4. The number of ketones is 2. The highest BCUT2D eigenvalue weighted by Crippen LogP contribution is 2.15. The Morgan fingerprint density at radius 3 is 2.59 bits per heavy atom. The van der Waals surface area contributed by atoms with Gasteiger partial charge >= 0.3 is 5.97 Å². The van der Waals surface area contributed by atoms with Crippen LogP contribution in [0.4, 0.5) is 0 Å². The van der Waals surface area contributed by atoms with Crippen molar-refractivity contribution in [3.63, 3.8) is 0 Å². The molecule has 7 heteroatoms. The highest BCUT2D eigenvalue weighted by atomic mass is 16.5. The van der Waals surface area contributed by atoms with E-state index in [9.17, 15) is 14.4 Å². The monoisotopic (exact) mass is 239 g/mol. The van der Waals surface area contributed by atoms with Crippen molar-refractivity contribution < 1.29 is 19.1 Å². The second-order valence-electron chi connectivity index (χ2n) is 3.71. The number of hydrogen-bond donors (Lipinski definition) is 0. The van der Waals surface area contributed by atoms with Gasteiger partial charge in [-0.1, -0.05) is 5.11 Å². The van der Waals surface area contributed by atoms with E-state index < -0.39 is 12.1 Å². The molecule has 0 radical (unpaired) electrons. The predicted octanol–water partition coefficient (Wildman–Crippen LogP) is 1.31. The molecule has 1 fully saturated rings. The molecule has 1 saturated carbocycles. The first-order valence-electron chi connectivity index (χ1n) is 5.41. The fourth-order valence-corrected chi connectivity index (χ4v) is 1.51.